The standard InChI is InChI=1S/C25H28O5/c1-5-23(26)29-16-15-19-7-9-20(10-8-19)25(3,4)21-11-13-22(14-12-21)28-17-18-30-24(27)6-2/h5-14H,1-2,15-18H2,3-4H3. The molecule has 30 heavy (non-hydrogen) atoms. The molecule has 2 aromatic carbocycles. The van der Waals surface area contributed by atoms with Crippen molar-refractivity contribution in [3.8, 4) is 5.75 Å². The third-order valence-electron chi connectivity index (χ3n) is 4.82. The van der Waals surface area contributed by atoms with Crippen molar-refractivity contribution in [2.75, 3.05) is 19.8 Å². The molecule has 2 rings (SSSR count). The number of hydrogen-bond acceptors (Lipinski definition) is 5. The summed E-state index contributed by atoms with van der Waals surface area (Å²) in [6, 6.07) is 16.2. The maximum Gasteiger partial charge on any atom is 0.330 e. The molecule has 5 heteroatoms. The Morgan fingerprint density at radius 1 is 0.800 bits per heavy atom. The fourth-order valence-corrected chi connectivity index (χ4v) is 2.91. The Morgan fingerprint density at radius 3 is 1.83 bits per heavy atom. The minimum atomic E-state index is -0.459. The normalized spacial score (nSPS) is 10.7. The molecule has 0 aromatic heterocycles. The van der Waals surface area contributed by atoms with E-state index in [-0.39, 0.29) is 18.6 Å². The van der Waals surface area contributed by atoms with Crippen LogP contribution in [0.2, 0.25) is 0 Å². The Kier molecular flexibility index (Phi) is 8.41. The number of esters is 2. The van der Waals surface area contributed by atoms with Gasteiger partial charge in [0.05, 0.1) is 6.61 Å². The molecule has 0 amide bonds. The molecule has 2 aromatic rings. The maximum absolute atomic E-state index is 11.1. The molecule has 0 aliphatic carbocycles. The summed E-state index contributed by atoms with van der Waals surface area (Å²) in [5.41, 5.74) is 3.25. The molecule has 0 spiro atoms. The van der Waals surface area contributed by atoms with E-state index in [9.17, 15) is 9.59 Å². The molecule has 0 saturated carbocycles. The van der Waals surface area contributed by atoms with Gasteiger partial charge in [0.25, 0.3) is 0 Å². The second-order valence-corrected chi connectivity index (χ2v) is 7.19. The summed E-state index contributed by atoms with van der Waals surface area (Å²) in [6.07, 6.45) is 2.95. The van der Waals surface area contributed by atoms with Crippen molar-refractivity contribution in [3.05, 3.63) is 90.5 Å². The summed E-state index contributed by atoms with van der Waals surface area (Å²) < 4.78 is 15.5. The monoisotopic (exact) mass is 408 g/mol. The number of carbonyl (C=O) groups excluding carboxylic acids is 2. The summed E-state index contributed by atoms with van der Waals surface area (Å²) in [5.74, 6) is -0.147. The predicted octanol–water partition coefficient (Wildman–Crippen LogP) is 4.39. The van der Waals surface area contributed by atoms with Crippen LogP contribution in [0.25, 0.3) is 0 Å². The van der Waals surface area contributed by atoms with Crippen LogP contribution < -0.4 is 4.74 Å². The molecule has 0 aliphatic rings. The quantitative estimate of drug-likeness (QED) is 0.313. The largest absolute Gasteiger partial charge is 0.490 e. The molecule has 0 fully saturated rings. The van der Waals surface area contributed by atoms with Gasteiger partial charge in [0, 0.05) is 24.0 Å². The Morgan fingerprint density at radius 2 is 1.30 bits per heavy atom. The second-order valence-electron chi connectivity index (χ2n) is 7.19. The third-order valence-corrected chi connectivity index (χ3v) is 4.82. The van der Waals surface area contributed by atoms with Gasteiger partial charge in [-0.15, -0.1) is 0 Å². The highest BCUT2D eigenvalue weighted by Crippen LogP contribution is 2.32. The molecule has 0 bridgehead atoms. The van der Waals surface area contributed by atoms with Crippen molar-refractivity contribution in [1.82, 2.24) is 0 Å². The first-order chi connectivity index (χ1) is 14.4. The van der Waals surface area contributed by atoms with Crippen LogP contribution in [-0.4, -0.2) is 31.8 Å². The molecule has 0 heterocycles. The van der Waals surface area contributed by atoms with Crippen LogP contribution >= 0.6 is 0 Å². The van der Waals surface area contributed by atoms with E-state index < -0.39 is 11.9 Å². The van der Waals surface area contributed by atoms with Gasteiger partial charge < -0.3 is 14.2 Å². The predicted molar refractivity (Wildman–Crippen MR) is 117 cm³/mol. The van der Waals surface area contributed by atoms with E-state index in [0.717, 1.165) is 17.2 Å². The molecule has 0 unspecified atom stereocenters. The molecule has 158 valence electrons. The second kappa shape index (κ2) is 11.0. The van der Waals surface area contributed by atoms with Gasteiger partial charge in [0.2, 0.25) is 0 Å². The first-order valence-electron chi connectivity index (χ1n) is 9.78. The number of benzene rings is 2. The van der Waals surface area contributed by atoms with Crippen LogP contribution in [0.3, 0.4) is 0 Å². The SMILES string of the molecule is C=CC(=O)OCCOc1ccc(C(C)(C)c2ccc(CCOC(=O)C=C)cc2)cc1. The number of rotatable bonds is 11. The number of carbonyl (C=O) groups is 2. The molecule has 0 radical (unpaired) electrons. The van der Waals surface area contributed by atoms with E-state index in [2.05, 4.69) is 51.3 Å². The van der Waals surface area contributed by atoms with E-state index in [1.165, 1.54) is 11.6 Å². The average molecular weight is 408 g/mol. The van der Waals surface area contributed by atoms with Crippen molar-refractivity contribution in [2.45, 2.75) is 25.7 Å². The van der Waals surface area contributed by atoms with Crippen LogP contribution in [0.4, 0.5) is 0 Å². The zero-order chi connectivity index (χ0) is 22.0. The third kappa shape index (κ3) is 6.62. The highest BCUT2D eigenvalue weighted by Gasteiger charge is 2.23. The van der Waals surface area contributed by atoms with Gasteiger partial charge in [-0.25, -0.2) is 9.59 Å². The van der Waals surface area contributed by atoms with Crippen molar-refractivity contribution in [2.24, 2.45) is 0 Å². The van der Waals surface area contributed by atoms with E-state index in [4.69, 9.17) is 14.2 Å². The molecule has 0 atom stereocenters. The van der Waals surface area contributed by atoms with Crippen molar-refractivity contribution < 1.29 is 23.8 Å². The summed E-state index contributed by atoms with van der Waals surface area (Å²) in [6.45, 7) is 11.9. The Bertz CT molecular complexity index is 863. The van der Waals surface area contributed by atoms with Crippen LogP contribution in [-0.2, 0) is 30.9 Å². The highest BCUT2D eigenvalue weighted by molar-refractivity contribution is 5.81. The van der Waals surface area contributed by atoms with E-state index in [1.807, 2.05) is 24.3 Å². The van der Waals surface area contributed by atoms with Crippen LogP contribution in [0.5, 0.6) is 5.75 Å². The van der Waals surface area contributed by atoms with E-state index in [0.29, 0.717) is 18.8 Å². The lowest BCUT2D eigenvalue weighted by Crippen LogP contribution is -2.19. The fraction of sp³-hybridized carbons (Fsp3) is 0.280. The fourth-order valence-electron chi connectivity index (χ4n) is 2.91. The summed E-state index contributed by atoms with van der Waals surface area (Å²) >= 11 is 0. The van der Waals surface area contributed by atoms with Gasteiger partial charge in [-0.05, 0) is 28.8 Å². The van der Waals surface area contributed by atoms with Gasteiger partial charge in [0.15, 0.2) is 0 Å². The molecule has 5 nitrogen and oxygen atoms in total. The van der Waals surface area contributed by atoms with Gasteiger partial charge >= 0.3 is 11.9 Å². The molecular weight excluding hydrogens is 380 g/mol. The average Bonchev–Trinajstić information content (AvgIpc) is 2.77. The minimum Gasteiger partial charge on any atom is -0.490 e. The van der Waals surface area contributed by atoms with Crippen molar-refractivity contribution in [1.29, 1.82) is 0 Å². The maximum atomic E-state index is 11.1. The summed E-state index contributed by atoms with van der Waals surface area (Å²) in [4.78, 5) is 22.1. The van der Waals surface area contributed by atoms with Gasteiger partial charge in [-0.1, -0.05) is 63.4 Å². The zero-order valence-electron chi connectivity index (χ0n) is 17.6. The molecule has 0 aliphatic heterocycles. The Labute approximate surface area is 178 Å². The van der Waals surface area contributed by atoms with Gasteiger partial charge in [-0.3, -0.25) is 0 Å². The van der Waals surface area contributed by atoms with Crippen LogP contribution in [0, 0.1) is 0 Å². The summed E-state index contributed by atoms with van der Waals surface area (Å²) in [7, 11) is 0. The van der Waals surface area contributed by atoms with E-state index >= 15 is 0 Å². The lowest BCUT2D eigenvalue weighted by atomic mass is 9.78. The van der Waals surface area contributed by atoms with Gasteiger partial charge in [-0.2, -0.15) is 0 Å². The minimum absolute atomic E-state index is 0.178. The number of ether oxygens (including phenoxy) is 3. The van der Waals surface area contributed by atoms with Crippen molar-refractivity contribution in [3.63, 3.8) is 0 Å². The first-order valence-corrected chi connectivity index (χ1v) is 9.78. The van der Waals surface area contributed by atoms with E-state index in [1.54, 1.807) is 0 Å². The molecule has 0 N–H and O–H groups in total. The molecule has 0 saturated heterocycles. The smallest absolute Gasteiger partial charge is 0.330 e. The topological polar surface area (TPSA) is 61.8 Å². The van der Waals surface area contributed by atoms with Crippen molar-refractivity contribution >= 4 is 11.9 Å². The Balaban J connectivity index is 1.94. The van der Waals surface area contributed by atoms with Crippen LogP contribution in [0.1, 0.15) is 30.5 Å². The first kappa shape index (κ1) is 22.9. The zero-order valence-corrected chi connectivity index (χ0v) is 17.6. The highest BCUT2D eigenvalue weighted by atomic mass is 16.6. The van der Waals surface area contributed by atoms with Crippen LogP contribution in [0.15, 0.2) is 73.8 Å². The molecular formula is C25H28O5. The van der Waals surface area contributed by atoms with Gasteiger partial charge in [0.1, 0.15) is 19.0 Å². The lowest BCUT2D eigenvalue weighted by molar-refractivity contribution is -0.139. The number of hydrogen-bond donors (Lipinski definition) is 0. The Hall–Kier alpha value is -3.34. The summed E-state index contributed by atoms with van der Waals surface area (Å²) in [5, 5.41) is 0. The lowest BCUT2D eigenvalue weighted by Gasteiger charge is -2.26.